The maximum absolute atomic E-state index is 10.1. The molecule has 0 aliphatic carbocycles. The number of hydrogen-bond donors (Lipinski definition) is 1. The minimum atomic E-state index is -0.646. The van der Waals surface area contributed by atoms with Gasteiger partial charge in [-0.2, -0.15) is 0 Å². The summed E-state index contributed by atoms with van der Waals surface area (Å²) in [4.78, 5) is 4.21. The van der Waals surface area contributed by atoms with E-state index in [1.54, 1.807) is 6.20 Å². The second-order valence-corrected chi connectivity index (χ2v) is 4.73. The molecule has 0 aromatic carbocycles. The fourth-order valence-electron chi connectivity index (χ4n) is 1.86. The summed E-state index contributed by atoms with van der Waals surface area (Å²) in [7, 11) is 1.95. The van der Waals surface area contributed by atoms with Crippen molar-refractivity contribution in [2.24, 2.45) is 13.0 Å². The maximum Gasteiger partial charge on any atom is 0.111 e. The van der Waals surface area contributed by atoms with Crippen molar-refractivity contribution in [2.75, 3.05) is 0 Å². The van der Waals surface area contributed by atoms with E-state index >= 15 is 0 Å². The van der Waals surface area contributed by atoms with Crippen molar-refractivity contribution >= 4 is 0 Å². The molecular formula is C11H20N2O. The minimum Gasteiger partial charge on any atom is -0.390 e. The Morgan fingerprint density at radius 2 is 2.21 bits per heavy atom. The second-order valence-electron chi connectivity index (χ2n) is 4.73. The van der Waals surface area contributed by atoms with Crippen LogP contribution in [0, 0.1) is 5.92 Å². The van der Waals surface area contributed by atoms with Crippen LogP contribution in [0.4, 0.5) is 0 Å². The summed E-state index contributed by atoms with van der Waals surface area (Å²) in [5.41, 5.74) is -0.646. The monoisotopic (exact) mass is 196 g/mol. The van der Waals surface area contributed by atoms with Gasteiger partial charge in [-0.25, -0.2) is 4.98 Å². The van der Waals surface area contributed by atoms with Gasteiger partial charge in [-0.05, 0) is 19.3 Å². The van der Waals surface area contributed by atoms with E-state index < -0.39 is 5.60 Å². The summed E-state index contributed by atoms with van der Waals surface area (Å²) in [5, 5.41) is 10.1. The van der Waals surface area contributed by atoms with Gasteiger partial charge in [-0.3, -0.25) is 0 Å². The smallest absolute Gasteiger partial charge is 0.111 e. The lowest BCUT2D eigenvalue weighted by atomic mass is 9.91. The van der Waals surface area contributed by atoms with E-state index in [0.717, 1.165) is 12.2 Å². The van der Waals surface area contributed by atoms with Gasteiger partial charge >= 0.3 is 0 Å². The van der Waals surface area contributed by atoms with Crippen LogP contribution >= 0.6 is 0 Å². The molecule has 0 spiro atoms. The van der Waals surface area contributed by atoms with Gasteiger partial charge in [0, 0.05) is 25.9 Å². The Morgan fingerprint density at radius 1 is 1.57 bits per heavy atom. The highest BCUT2D eigenvalue weighted by Gasteiger charge is 2.23. The largest absolute Gasteiger partial charge is 0.390 e. The topological polar surface area (TPSA) is 38.1 Å². The van der Waals surface area contributed by atoms with Gasteiger partial charge in [-0.15, -0.1) is 0 Å². The Morgan fingerprint density at radius 3 is 2.64 bits per heavy atom. The molecule has 0 aliphatic rings. The third kappa shape index (κ3) is 3.14. The lowest BCUT2D eigenvalue weighted by Gasteiger charge is -2.24. The van der Waals surface area contributed by atoms with Crippen molar-refractivity contribution in [1.82, 2.24) is 9.55 Å². The van der Waals surface area contributed by atoms with Crippen molar-refractivity contribution in [3.63, 3.8) is 0 Å². The molecule has 1 heterocycles. The number of aromatic nitrogens is 2. The van der Waals surface area contributed by atoms with Crippen LogP contribution < -0.4 is 0 Å². The zero-order valence-electron chi connectivity index (χ0n) is 9.49. The molecule has 0 fully saturated rings. The molecule has 0 saturated carbocycles. The number of aryl methyl sites for hydroxylation is 1. The summed E-state index contributed by atoms with van der Waals surface area (Å²) in [6, 6.07) is 0. The first-order valence-corrected chi connectivity index (χ1v) is 5.09. The molecule has 0 amide bonds. The molecule has 1 aromatic rings. The van der Waals surface area contributed by atoms with Gasteiger partial charge in [0.2, 0.25) is 0 Å². The van der Waals surface area contributed by atoms with Crippen LogP contribution in [0.1, 0.15) is 33.0 Å². The molecule has 1 aromatic heterocycles. The van der Waals surface area contributed by atoms with Gasteiger partial charge in [0.15, 0.2) is 0 Å². The van der Waals surface area contributed by atoms with Crippen molar-refractivity contribution < 1.29 is 5.11 Å². The van der Waals surface area contributed by atoms with Crippen LogP contribution in [0.25, 0.3) is 0 Å². The van der Waals surface area contributed by atoms with Gasteiger partial charge in [-0.1, -0.05) is 13.8 Å². The van der Waals surface area contributed by atoms with E-state index in [1.807, 2.05) is 24.7 Å². The lowest BCUT2D eigenvalue weighted by molar-refractivity contribution is 0.0363. The Bertz CT molecular complexity index is 289. The summed E-state index contributed by atoms with van der Waals surface area (Å²) >= 11 is 0. The lowest BCUT2D eigenvalue weighted by Crippen LogP contribution is -2.30. The average molecular weight is 196 g/mol. The molecule has 14 heavy (non-hydrogen) atoms. The van der Waals surface area contributed by atoms with Crippen LogP contribution in [-0.2, 0) is 13.5 Å². The van der Waals surface area contributed by atoms with Crippen molar-refractivity contribution in [3.05, 3.63) is 18.2 Å². The first-order valence-electron chi connectivity index (χ1n) is 5.09. The molecular weight excluding hydrogens is 176 g/mol. The molecule has 3 nitrogen and oxygen atoms in total. The summed E-state index contributed by atoms with van der Waals surface area (Å²) in [6.07, 6.45) is 5.09. The maximum atomic E-state index is 10.1. The Hall–Kier alpha value is -0.830. The SMILES string of the molecule is CC(C)CC(C)(O)Cc1nccn1C. The van der Waals surface area contributed by atoms with Gasteiger partial charge < -0.3 is 9.67 Å². The highest BCUT2D eigenvalue weighted by atomic mass is 16.3. The third-order valence-electron chi connectivity index (χ3n) is 2.31. The number of rotatable bonds is 4. The molecule has 0 saturated heterocycles. The van der Waals surface area contributed by atoms with E-state index in [-0.39, 0.29) is 0 Å². The fraction of sp³-hybridized carbons (Fsp3) is 0.727. The normalized spacial score (nSPS) is 15.9. The van der Waals surface area contributed by atoms with E-state index in [9.17, 15) is 5.11 Å². The van der Waals surface area contributed by atoms with Gasteiger partial charge in [0.05, 0.1) is 5.60 Å². The van der Waals surface area contributed by atoms with Gasteiger partial charge in [0.1, 0.15) is 5.82 Å². The first-order chi connectivity index (χ1) is 6.41. The highest BCUT2D eigenvalue weighted by molar-refractivity contribution is 4.96. The van der Waals surface area contributed by atoms with E-state index in [4.69, 9.17) is 0 Å². The van der Waals surface area contributed by atoms with Crippen LogP contribution in [0.5, 0.6) is 0 Å². The van der Waals surface area contributed by atoms with Crippen LogP contribution in [0.2, 0.25) is 0 Å². The summed E-state index contributed by atoms with van der Waals surface area (Å²) in [6.45, 7) is 6.11. The summed E-state index contributed by atoms with van der Waals surface area (Å²) in [5.74, 6) is 1.45. The standard InChI is InChI=1S/C11H20N2O/c1-9(2)7-11(3,14)8-10-12-5-6-13(10)4/h5-6,9,14H,7-8H2,1-4H3. The van der Waals surface area contributed by atoms with Crippen molar-refractivity contribution in [1.29, 1.82) is 0 Å². The van der Waals surface area contributed by atoms with Crippen molar-refractivity contribution in [3.8, 4) is 0 Å². The van der Waals surface area contributed by atoms with Crippen LogP contribution in [-0.4, -0.2) is 20.3 Å². The number of aliphatic hydroxyl groups is 1. The van der Waals surface area contributed by atoms with Crippen LogP contribution in [0.3, 0.4) is 0 Å². The van der Waals surface area contributed by atoms with E-state index in [0.29, 0.717) is 12.3 Å². The summed E-state index contributed by atoms with van der Waals surface area (Å²) < 4.78 is 1.95. The molecule has 0 bridgehead atoms. The average Bonchev–Trinajstić information content (AvgIpc) is 2.32. The van der Waals surface area contributed by atoms with E-state index in [1.165, 1.54) is 0 Å². The number of hydrogen-bond acceptors (Lipinski definition) is 2. The first kappa shape index (κ1) is 11.2. The predicted molar refractivity (Wildman–Crippen MR) is 57.0 cm³/mol. The Balaban J connectivity index is 2.63. The molecule has 0 aliphatic heterocycles. The molecule has 3 heteroatoms. The Labute approximate surface area is 85.8 Å². The third-order valence-corrected chi connectivity index (χ3v) is 2.31. The second kappa shape index (κ2) is 4.13. The molecule has 0 radical (unpaired) electrons. The predicted octanol–water partition coefficient (Wildman–Crippen LogP) is 1.76. The van der Waals surface area contributed by atoms with Crippen molar-refractivity contribution in [2.45, 2.75) is 39.2 Å². The molecule has 80 valence electrons. The van der Waals surface area contributed by atoms with E-state index in [2.05, 4.69) is 18.8 Å². The quantitative estimate of drug-likeness (QED) is 0.797. The highest BCUT2D eigenvalue weighted by Crippen LogP contribution is 2.20. The molecule has 1 atom stereocenters. The number of nitrogens with zero attached hydrogens (tertiary/aromatic N) is 2. The zero-order valence-corrected chi connectivity index (χ0v) is 9.49. The number of imidazole rings is 1. The van der Waals surface area contributed by atoms with Gasteiger partial charge in [0.25, 0.3) is 0 Å². The minimum absolute atomic E-state index is 0.505. The zero-order chi connectivity index (χ0) is 10.8. The fourth-order valence-corrected chi connectivity index (χ4v) is 1.86. The molecule has 1 N–H and O–H groups in total. The van der Waals surface area contributed by atoms with Crippen LogP contribution in [0.15, 0.2) is 12.4 Å². The molecule has 1 rings (SSSR count). The Kier molecular flexibility index (Phi) is 3.32. The molecule has 1 unspecified atom stereocenters.